The molecule has 22 rings (SSSR count). The van der Waals surface area contributed by atoms with Crippen molar-refractivity contribution in [3.8, 4) is 114 Å². The quantitative estimate of drug-likeness (QED) is 0.157. The monoisotopic (exact) mass is 1370 g/mol. The van der Waals surface area contributed by atoms with Crippen LogP contribution in [0.5, 0.6) is 92.0 Å². The van der Waals surface area contributed by atoms with Gasteiger partial charge in [-0.05, 0) is 201 Å². The van der Waals surface area contributed by atoms with Crippen LogP contribution in [0.4, 0.5) is 68.2 Å². The summed E-state index contributed by atoms with van der Waals surface area (Å²) in [5, 5.41) is 0. The van der Waals surface area contributed by atoms with E-state index in [1.807, 2.05) is 170 Å². The molecule has 0 radical (unpaired) electrons. The smallest absolute Gasteiger partial charge is 0.453 e. The largest absolute Gasteiger partial charge is 0.495 e. The van der Waals surface area contributed by atoms with Crippen molar-refractivity contribution in [3.63, 3.8) is 0 Å². The van der Waals surface area contributed by atoms with Crippen LogP contribution in [0.2, 0.25) is 0 Å². The number of halogens is 1. The summed E-state index contributed by atoms with van der Waals surface area (Å²) in [7, 11) is -0.494. The molecule has 1 fully saturated rings. The molecule has 16 heteroatoms. The predicted octanol–water partition coefficient (Wildman–Crippen LogP) is 24.2. The molecule has 482 valence electrons. The normalized spacial score (nSPS) is 15.3. The maximum absolute atomic E-state index is 6.48. The van der Waals surface area contributed by atoms with Crippen molar-refractivity contribution in [2.45, 2.75) is 38.9 Å². The third-order valence-corrected chi connectivity index (χ3v) is 20.2. The van der Waals surface area contributed by atoms with E-state index in [4.69, 9.17) is 47.2 Å². The summed E-state index contributed by atoms with van der Waals surface area (Å²) in [6.07, 6.45) is 0. The highest BCUT2D eigenvalue weighted by Crippen LogP contribution is 2.65. The number of hydrogen-bond donors (Lipinski definition) is 0. The number of nitrogens with zero attached hydrogens (tertiary/aromatic N) is 4. The van der Waals surface area contributed by atoms with Crippen LogP contribution in [-0.4, -0.2) is 18.3 Å². The van der Waals surface area contributed by atoms with Gasteiger partial charge in [-0.25, -0.2) is 0 Å². The standard InChI is InChI=1S/C42H24N2O4.C24H22BNO4.C18H10BrNO2/c1-5-13-33-29(9-1)43-30-10-2-6-14-34(30)46-38-22-27(21-37(45-33)41(38)43)25-17-19-26(20-18-25)28-23-39-42-40(24-28)48-36-16-8-4-12-32(36)44(42)31-11-3-7-15-35(31)47-39;1-23(2)24(3,4)30-25(29-23)15-13-20-22-21(14-15)28-19-12-8-6-10-17(19)26(22)16-9-5-7-11-18(16)27-20;19-11-9-16-18-17(10-11)22-15-8-4-2-6-13(15)20(18)12-5-1-3-7-14(12)21-16/h1-24H;5-14H,1-4H3;1-10H. The Hall–Kier alpha value is -12.1. The SMILES string of the molecule is Brc1cc2c3c(c1)Oc1ccccc1N3c1ccccc1O2.CC1(C)OB(c2cc3c4c(c2)Oc2ccccc2N4c2ccccc2O3)OC1(C)C.c1ccc2c(c1)Oc1cc(-c3ccc(-c4cc5c6c(c4)Oc4ccccc4N6c4ccccc4O5)cc3)cc3c1N2c1ccccc1O3. The van der Waals surface area contributed by atoms with E-state index >= 15 is 0 Å². The molecule has 0 atom stereocenters. The van der Waals surface area contributed by atoms with Crippen LogP contribution in [0.15, 0.2) is 271 Å². The van der Waals surface area contributed by atoms with Crippen molar-refractivity contribution in [3.05, 3.63) is 271 Å². The van der Waals surface area contributed by atoms with Gasteiger partial charge in [0, 0.05) is 4.47 Å². The maximum atomic E-state index is 6.48. The number of ether oxygens (including phenoxy) is 8. The first-order valence-electron chi connectivity index (χ1n) is 33.1. The fourth-order valence-electron chi connectivity index (χ4n) is 14.4. The maximum Gasteiger partial charge on any atom is 0.495 e. The Bertz CT molecular complexity index is 5160. The molecule has 0 saturated carbocycles. The van der Waals surface area contributed by atoms with Gasteiger partial charge < -0.3 is 47.2 Å². The molecule has 9 aliphatic rings. The fraction of sp³-hybridized carbons (Fsp3) is 0.0714. The van der Waals surface area contributed by atoms with E-state index in [-0.39, 0.29) is 0 Å². The van der Waals surface area contributed by atoms with Gasteiger partial charge in [0.25, 0.3) is 0 Å². The first-order chi connectivity index (χ1) is 48.9. The number of hydrogen-bond acceptors (Lipinski definition) is 14. The lowest BCUT2D eigenvalue weighted by Crippen LogP contribution is -2.41. The molecular weight excluding hydrogens is 1320 g/mol. The Kier molecular flexibility index (Phi) is 12.8. The molecule has 0 bridgehead atoms. The van der Waals surface area contributed by atoms with Crippen LogP contribution in [0.1, 0.15) is 27.7 Å². The third-order valence-electron chi connectivity index (χ3n) is 19.7. The number of rotatable bonds is 3. The number of benzene rings is 13. The molecular formula is C84H56BBrN4O10. The lowest BCUT2D eigenvalue weighted by atomic mass is 9.78. The molecule has 13 aromatic rings. The van der Waals surface area contributed by atoms with E-state index < -0.39 is 18.3 Å². The van der Waals surface area contributed by atoms with Gasteiger partial charge in [-0.2, -0.15) is 0 Å². The molecule has 9 aliphatic heterocycles. The highest BCUT2D eigenvalue weighted by Gasteiger charge is 2.53. The summed E-state index contributed by atoms with van der Waals surface area (Å²) in [5.74, 6) is 12.6. The summed E-state index contributed by atoms with van der Waals surface area (Å²) in [6.45, 7) is 8.21. The van der Waals surface area contributed by atoms with Gasteiger partial charge >= 0.3 is 7.12 Å². The van der Waals surface area contributed by atoms with Gasteiger partial charge in [-0.1, -0.05) is 137 Å². The Balaban J connectivity index is 0.000000110. The molecule has 13 aromatic carbocycles. The second-order valence-electron chi connectivity index (χ2n) is 26.3. The highest BCUT2D eigenvalue weighted by molar-refractivity contribution is 9.10. The fourth-order valence-corrected chi connectivity index (χ4v) is 14.8. The van der Waals surface area contributed by atoms with Crippen LogP contribution in [0.3, 0.4) is 0 Å². The van der Waals surface area contributed by atoms with Gasteiger partial charge in [0.2, 0.25) is 0 Å². The molecule has 14 nitrogen and oxygen atoms in total. The predicted molar refractivity (Wildman–Crippen MR) is 393 cm³/mol. The second-order valence-corrected chi connectivity index (χ2v) is 27.2. The zero-order valence-corrected chi connectivity index (χ0v) is 55.8. The van der Waals surface area contributed by atoms with Gasteiger partial charge in [0.1, 0.15) is 22.7 Å². The first-order valence-corrected chi connectivity index (χ1v) is 33.9. The Morgan fingerprint density at radius 1 is 0.240 bits per heavy atom. The lowest BCUT2D eigenvalue weighted by molar-refractivity contribution is 0.00578. The summed E-state index contributed by atoms with van der Waals surface area (Å²) >= 11 is 3.53. The lowest BCUT2D eigenvalue weighted by Gasteiger charge is -2.38. The molecule has 0 aromatic heterocycles. The molecule has 100 heavy (non-hydrogen) atoms. The summed E-state index contributed by atoms with van der Waals surface area (Å²) < 4.78 is 64.2. The van der Waals surface area contributed by atoms with E-state index in [9.17, 15) is 0 Å². The summed E-state index contributed by atoms with van der Waals surface area (Å²) in [5.41, 5.74) is 15.8. The zero-order valence-electron chi connectivity index (χ0n) is 54.2. The van der Waals surface area contributed by atoms with Crippen LogP contribution < -0.4 is 63.0 Å². The van der Waals surface area contributed by atoms with Crippen molar-refractivity contribution in [1.82, 2.24) is 0 Å². The highest BCUT2D eigenvalue weighted by atomic mass is 79.9. The van der Waals surface area contributed by atoms with Crippen molar-refractivity contribution in [2.24, 2.45) is 0 Å². The van der Waals surface area contributed by atoms with Gasteiger partial charge in [-0.15, -0.1) is 0 Å². The average Bonchev–Trinajstić information content (AvgIpc) is 0.805. The summed E-state index contributed by atoms with van der Waals surface area (Å²) in [4.78, 5) is 8.88. The van der Waals surface area contributed by atoms with E-state index in [1.54, 1.807) is 0 Å². The van der Waals surface area contributed by atoms with Crippen LogP contribution >= 0.6 is 15.9 Å². The van der Waals surface area contributed by atoms with Gasteiger partial charge in [0.15, 0.2) is 92.0 Å². The van der Waals surface area contributed by atoms with E-state index in [2.05, 4.69) is 160 Å². The average molecular weight is 1370 g/mol. The van der Waals surface area contributed by atoms with E-state index in [0.717, 1.165) is 192 Å². The molecule has 0 spiro atoms. The Morgan fingerprint density at radius 3 is 0.670 bits per heavy atom. The molecule has 0 aliphatic carbocycles. The van der Waals surface area contributed by atoms with Gasteiger partial charge in [-0.3, -0.25) is 19.6 Å². The summed E-state index contributed by atoms with van der Waals surface area (Å²) in [6, 6.07) is 89.5. The Morgan fingerprint density at radius 2 is 0.440 bits per heavy atom. The van der Waals surface area contributed by atoms with Crippen molar-refractivity contribution in [2.75, 3.05) is 19.6 Å². The number of para-hydroxylation sites is 16. The van der Waals surface area contributed by atoms with Gasteiger partial charge in [0.05, 0.1) is 56.7 Å². The zero-order chi connectivity index (χ0) is 66.7. The Labute approximate surface area is 584 Å². The van der Waals surface area contributed by atoms with Crippen molar-refractivity contribution >= 4 is 96.8 Å². The first kappa shape index (κ1) is 58.1. The minimum atomic E-state index is -0.494. The number of anilines is 12. The number of fused-ring (bicyclic) bond motifs is 16. The third kappa shape index (κ3) is 9.10. The van der Waals surface area contributed by atoms with Crippen LogP contribution in [-0.2, 0) is 9.31 Å². The van der Waals surface area contributed by atoms with E-state index in [1.165, 1.54) is 0 Å². The second kappa shape index (κ2) is 22.0. The molecule has 0 amide bonds. The molecule has 0 unspecified atom stereocenters. The topological polar surface area (TPSA) is 105 Å². The minimum absolute atomic E-state index is 0.419. The van der Waals surface area contributed by atoms with E-state index in [0.29, 0.717) is 0 Å². The van der Waals surface area contributed by atoms with Crippen LogP contribution in [0.25, 0.3) is 22.3 Å². The molecule has 1 saturated heterocycles. The minimum Gasteiger partial charge on any atom is -0.453 e. The van der Waals surface area contributed by atoms with Crippen LogP contribution in [0, 0.1) is 0 Å². The van der Waals surface area contributed by atoms with Crippen molar-refractivity contribution < 1.29 is 47.2 Å². The molecule has 9 heterocycles. The van der Waals surface area contributed by atoms with Crippen molar-refractivity contribution in [1.29, 1.82) is 0 Å². The molecule has 0 N–H and O–H groups in total.